The Morgan fingerprint density at radius 2 is 1.14 bits per heavy atom. The topological polar surface area (TPSA) is 116 Å². The molecule has 0 saturated heterocycles. The molecule has 0 saturated carbocycles. The van der Waals surface area contributed by atoms with E-state index in [0.717, 1.165) is 0 Å². The predicted octanol–water partition coefficient (Wildman–Crippen LogP) is 2.73. The van der Waals surface area contributed by atoms with Crippen molar-refractivity contribution in [2.75, 3.05) is 10.6 Å². The second-order valence-corrected chi connectivity index (χ2v) is 4.35. The summed E-state index contributed by atoms with van der Waals surface area (Å²) in [5.74, 6) is -2.20. The lowest BCUT2D eigenvalue weighted by atomic mass is 10.2. The predicted molar refractivity (Wildman–Crippen MR) is 79.4 cm³/mol. The van der Waals surface area contributed by atoms with Crippen LogP contribution in [0.2, 0.25) is 0 Å². The summed E-state index contributed by atoms with van der Waals surface area (Å²) in [6.45, 7) is 0. The van der Waals surface area contributed by atoms with E-state index in [2.05, 4.69) is 10.6 Å². The highest BCUT2D eigenvalue weighted by molar-refractivity contribution is 6.01. The second-order valence-electron chi connectivity index (χ2n) is 4.35. The van der Waals surface area contributed by atoms with Gasteiger partial charge in [-0.05, 0) is 36.4 Å². The summed E-state index contributed by atoms with van der Waals surface area (Å²) < 4.78 is 0. The fourth-order valence-electron chi connectivity index (χ4n) is 1.75. The zero-order chi connectivity index (χ0) is 16.1. The van der Waals surface area contributed by atoms with E-state index in [4.69, 9.17) is 10.2 Å². The smallest absolute Gasteiger partial charge is 0.335 e. The van der Waals surface area contributed by atoms with Crippen LogP contribution in [-0.2, 0) is 0 Å². The Labute approximate surface area is 125 Å². The molecular formula is C15H12N2O5. The maximum Gasteiger partial charge on any atom is 0.335 e. The molecule has 0 heterocycles. The Morgan fingerprint density at radius 3 is 1.50 bits per heavy atom. The van der Waals surface area contributed by atoms with Gasteiger partial charge in [-0.15, -0.1) is 0 Å². The zero-order valence-corrected chi connectivity index (χ0v) is 11.2. The van der Waals surface area contributed by atoms with Crippen LogP contribution in [0.3, 0.4) is 0 Å². The molecule has 2 rings (SSSR count). The van der Waals surface area contributed by atoms with Gasteiger partial charge in [0, 0.05) is 11.4 Å². The molecule has 0 aromatic heterocycles. The zero-order valence-electron chi connectivity index (χ0n) is 11.2. The molecule has 0 aliphatic carbocycles. The lowest BCUT2D eigenvalue weighted by Gasteiger charge is -2.08. The molecule has 2 aromatic carbocycles. The molecule has 0 aliphatic rings. The molecule has 7 heteroatoms. The largest absolute Gasteiger partial charge is 0.478 e. The number of anilines is 2. The summed E-state index contributed by atoms with van der Waals surface area (Å²) in [5, 5.41) is 22.7. The average molecular weight is 300 g/mol. The average Bonchev–Trinajstić information content (AvgIpc) is 2.47. The summed E-state index contributed by atoms with van der Waals surface area (Å²) in [5.41, 5.74) is 0.718. The van der Waals surface area contributed by atoms with E-state index >= 15 is 0 Å². The van der Waals surface area contributed by atoms with Crippen molar-refractivity contribution >= 4 is 29.3 Å². The van der Waals surface area contributed by atoms with Gasteiger partial charge in [-0.25, -0.2) is 14.4 Å². The highest BCUT2D eigenvalue weighted by Crippen LogP contribution is 2.13. The van der Waals surface area contributed by atoms with Crippen LogP contribution in [0.25, 0.3) is 0 Å². The number of urea groups is 1. The first-order valence-electron chi connectivity index (χ1n) is 6.20. The van der Waals surface area contributed by atoms with E-state index in [-0.39, 0.29) is 11.1 Å². The van der Waals surface area contributed by atoms with E-state index in [1.165, 1.54) is 36.4 Å². The Balaban J connectivity index is 2.07. The van der Waals surface area contributed by atoms with E-state index in [9.17, 15) is 14.4 Å². The Morgan fingerprint density at radius 1 is 0.727 bits per heavy atom. The van der Waals surface area contributed by atoms with Gasteiger partial charge in [0.15, 0.2) is 0 Å². The summed E-state index contributed by atoms with van der Waals surface area (Å²) in [6, 6.07) is 10.9. The van der Waals surface area contributed by atoms with E-state index < -0.39 is 18.0 Å². The monoisotopic (exact) mass is 300 g/mol. The van der Waals surface area contributed by atoms with Gasteiger partial charge in [-0.1, -0.05) is 12.1 Å². The van der Waals surface area contributed by atoms with Gasteiger partial charge in [0.1, 0.15) is 0 Å². The third-order valence-corrected chi connectivity index (χ3v) is 2.73. The number of hydrogen-bond acceptors (Lipinski definition) is 3. The Hall–Kier alpha value is -3.35. The molecule has 0 bridgehead atoms. The molecule has 4 N–H and O–H groups in total. The summed E-state index contributed by atoms with van der Waals surface area (Å²) >= 11 is 0. The maximum atomic E-state index is 11.8. The van der Waals surface area contributed by atoms with Crippen molar-refractivity contribution in [3.8, 4) is 0 Å². The summed E-state index contributed by atoms with van der Waals surface area (Å²) in [4.78, 5) is 33.5. The first-order valence-corrected chi connectivity index (χ1v) is 6.20. The number of carboxylic acid groups (broad SMARTS) is 2. The fraction of sp³-hybridized carbons (Fsp3) is 0. The van der Waals surface area contributed by atoms with Crippen molar-refractivity contribution in [2.45, 2.75) is 0 Å². The molecule has 0 spiro atoms. The summed E-state index contributed by atoms with van der Waals surface area (Å²) in [7, 11) is 0. The minimum atomic E-state index is -1.10. The van der Waals surface area contributed by atoms with Crippen LogP contribution in [0.4, 0.5) is 16.2 Å². The van der Waals surface area contributed by atoms with Crippen LogP contribution in [-0.4, -0.2) is 28.2 Å². The molecule has 2 amide bonds. The van der Waals surface area contributed by atoms with Crippen molar-refractivity contribution in [3.63, 3.8) is 0 Å². The minimum absolute atomic E-state index is 0.0469. The molecule has 0 fully saturated rings. The van der Waals surface area contributed by atoms with Gasteiger partial charge in [0.2, 0.25) is 0 Å². The molecule has 7 nitrogen and oxygen atoms in total. The maximum absolute atomic E-state index is 11.8. The Bertz CT molecular complexity index is 681. The molecular weight excluding hydrogens is 288 g/mol. The third-order valence-electron chi connectivity index (χ3n) is 2.73. The van der Waals surface area contributed by atoms with Crippen molar-refractivity contribution in [2.24, 2.45) is 0 Å². The second kappa shape index (κ2) is 6.40. The minimum Gasteiger partial charge on any atom is -0.478 e. The van der Waals surface area contributed by atoms with Crippen molar-refractivity contribution in [1.29, 1.82) is 0 Å². The molecule has 0 unspecified atom stereocenters. The number of hydrogen-bond donors (Lipinski definition) is 4. The van der Waals surface area contributed by atoms with Crippen LogP contribution >= 0.6 is 0 Å². The molecule has 112 valence electrons. The number of nitrogens with one attached hydrogen (secondary N) is 2. The number of amides is 2. The van der Waals surface area contributed by atoms with Crippen LogP contribution in [0.5, 0.6) is 0 Å². The van der Waals surface area contributed by atoms with Gasteiger partial charge in [-0.2, -0.15) is 0 Å². The first kappa shape index (κ1) is 15.0. The van der Waals surface area contributed by atoms with Crippen LogP contribution in [0.15, 0.2) is 48.5 Å². The number of benzene rings is 2. The van der Waals surface area contributed by atoms with E-state index in [0.29, 0.717) is 11.4 Å². The van der Waals surface area contributed by atoms with Crippen molar-refractivity contribution < 1.29 is 24.6 Å². The Kier molecular flexibility index (Phi) is 4.38. The van der Waals surface area contributed by atoms with Gasteiger partial charge in [0.25, 0.3) is 0 Å². The SMILES string of the molecule is O=C(Nc1cccc(C(=O)O)c1)Nc1cccc(C(=O)O)c1. The van der Waals surface area contributed by atoms with E-state index in [1.807, 2.05) is 0 Å². The number of rotatable bonds is 4. The lowest BCUT2D eigenvalue weighted by Crippen LogP contribution is -2.19. The lowest BCUT2D eigenvalue weighted by molar-refractivity contribution is 0.0686. The normalized spacial score (nSPS) is 9.82. The van der Waals surface area contributed by atoms with Crippen LogP contribution < -0.4 is 10.6 Å². The molecule has 0 radical (unpaired) electrons. The van der Waals surface area contributed by atoms with Gasteiger partial charge >= 0.3 is 18.0 Å². The van der Waals surface area contributed by atoms with Gasteiger partial charge in [-0.3, -0.25) is 0 Å². The number of carbonyl (C=O) groups excluding carboxylic acids is 1. The van der Waals surface area contributed by atoms with Crippen LogP contribution in [0.1, 0.15) is 20.7 Å². The number of aromatic carboxylic acids is 2. The highest BCUT2D eigenvalue weighted by atomic mass is 16.4. The fourth-order valence-corrected chi connectivity index (χ4v) is 1.75. The molecule has 0 aliphatic heterocycles. The quantitative estimate of drug-likeness (QED) is 0.693. The summed E-state index contributed by atoms with van der Waals surface area (Å²) in [6.07, 6.45) is 0. The molecule has 2 aromatic rings. The highest BCUT2D eigenvalue weighted by Gasteiger charge is 2.08. The van der Waals surface area contributed by atoms with Crippen molar-refractivity contribution in [1.82, 2.24) is 0 Å². The van der Waals surface area contributed by atoms with Gasteiger partial charge in [0.05, 0.1) is 11.1 Å². The molecule has 0 atom stereocenters. The first-order chi connectivity index (χ1) is 10.5. The standard InChI is InChI=1S/C15H12N2O5/c18-13(19)9-3-1-5-11(7-9)16-15(22)17-12-6-2-4-10(8-12)14(20)21/h1-8H,(H,18,19)(H,20,21)(H2,16,17,22). The van der Waals surface area contributed by atoms with Gasteiger partial charge < -0.3 is 20.8 Å². The van der Waals surface area contributed by atoms with Crippen LogP contribution in [0, 0.1) is 0 Å². The third kappa shape index (κ3) is 3.83. The van der Waals surface area contributed by atoms with E-state index in [1.54, 1.807) is 12.1 Å². The van der Waals surface area contributed by atoms with Crippen molar-refractivity contribution in [3.05, 3.63) is 59.7 Å². The number of carboxylic acids is 2. The molecule has 22 heavy (non-hydrogen) atoms. The number of carbonyl (C=O) groups is 3.